The Labute approximate surface area is 117 Å². The molecule has 0 saturated heterocycles. The standard InChI is InChI=1S/C15H15ClN2O/c1-15(6-7-15)9-17-14(19)13-8-11(16)10-4-2-3-5-12(10)18-13/h2-5,8H,6-7,9H2,1H3,(H,17,19). The molecule has 3 nitrogen and oxygen atoms in total. The van der Waals surface area contributed by atoms with Gasteiger partial charge in [0.25, 0.3) is 5.91 Å². The van der Waals surface area contributed by atoms with Crippen LogP contribution in [0, 0.1) is 5.41 Å². The van der Waals surface area contributed by atoms with E-state index in [1.54, 1.807) is 6.07 Å². The summed E-state index contributed by atoms with van der Waals surface area (Å²) in [5.74, 6) is -0.152. The zero-order chi connectivity index (χ0) is 13.5. The number of halogens is 1. The summed E-state index contributed by atoms with van der Waals surface area (Å²) in [6.45, 7) is 2.88. The molecule has 0 unspecified atom stereocenters. The Bertz CT molecular complexity index is 650. The third-order valence-corrected chi connectivity index (χ3v) is 3.99. The summed E-state index contributed by atoms with van der Waals surface area (Å²) in [6, 6.07) is 9.19. The van der Waals surface area contributed by atoms with E-state index in [2.05, 4.69) is 17.2 Å². The molecule has 1 aliphatic rings. The first-order chi connectivity index (χ1) is 9.07. The summed E-state index contributed by atoms with van der Waals surface area (Å²) < 4.78 is 0. The van der Waals surface area contributed by atoms with Gasteiger partial charge in [0.1, 0.15) is 5.69 Å². The van der Waals surface area contributed by atoms with Crippen molar-refractivity contribution in [2.45, 2.75) is 19.8 Å². The SMILES string of the molecule is CC1(CNC(=O)c2cc(Cl)c3ccccc3n2)CC1. The second kappa shape index (κ2) is 4.49. The molecule has 1 N–H and O–H groups in total. The van der Waals surface area contributed by atoms with E-state index in [1.807, 2.05) is 24.3 Å². The van der Waals surface area contributed by atoms with E-state index in [1.165, 1.54) is 12.8 Å². The van der Waals surface area contributed by atoms with Crippen molar-refractivity contribution in [3.63, 3.8) is 0 Å². The van der Waals surface area contributed by atoms with Crippen molar-refractivity contribution in [3.05, 3.63) is 41.0 Å². The minimum absolute atomic E-state index is 0.152. The summed E-state index contributed by atoms with van der Waals surface area (Å²) in [6.07, 6.45) is 2.36. The van der Waals surface area contributed by atoms with Crippen LogP contribution in [0.5, 0.6) is 0 Å². The fourth-order valence-corrected chi connectivity index (χ4v) is 2.29. The number of nitrogens with one attached hydrogen (secondary N) is 1. The zero-order valence-electron chi connectivity index (χ0n) is 10.7. The number of carbonyl (C=O) groups is 1. The number of hydrogen-bond acceptors (Lipinski definition) is 2. The minimum Gasteiger partial charge on any atom is -0.350 e. The quantitative estimate of drug-likeness (QED) is 0.932. The second-order valence-corrected chi connectivity index (χ2v) is 5.91. The number of amides is 1. The van der Waals surface area contributed by atoms with Crippen LogP contribution in [0.15, 0.2) is 30.3 Å². The predicted molar refractivity (Wildman–Crippen MR) is 76.4 cm³/mol. The molecule has 1 amide bonds. The molecule has 1 aliphatic carbocycles. The largest absolute Gasteiger partial charge is 0.350 e. The van der Waals surface area contributed by atoms with Gasteiger partial charge in [0.2, 0.25) is 0 Å². The number of benzene rings is 1. The highest BCUT2D eigenvalue weighted by Gasteiger charge is 2.37. The number of nitrogens with zero attached hydrogens (tertiary/aromatic N) is 1. The molecule has 1 heterocycles. The Morgan fingerprint density at radius 2 is 2.16 bits per heavy atom. The highest BCUT2D eigenvalue weighted by Crippen LogP contribution is 2.44. The molecule has 0 aliphatic heterocycles. The Morgan fingerprint density at radius 1 is 1.42 bits per heavy atom. The maximum absolute atomic E-state index is 12.1. The van der Waals surface area contributed by atoms with E-state index in [9.17, 15) is 4.79 Å². The van der Waals surface area contributed by atoms with E-state index in [0.717, 1.165) is 10.9 Å². The molecule has 0 spiro atoms. The Morgan fingerprint density at radius 3 is 2.89 bits per heavy atom. The number of aromatic nitrogens is 1. The lowest BCUT2D eigenvalue weighted by molar-refractivity contribution is 0.0941. The molecule has 19 heavy (non-hydrogen) atoms. The van der Waals surface area contributed by atoms with Crippen molar-refractivity contribution in [1.29, 1.82) is 0 Å². The van der Waals surface area contributed by atoms with Gasteiger partial charge >= 0.3 is 0 Å². The summed E-state index contributed by atoms with van der Waals surface area (Å²) >= 11 is 6.19. The van der Waals surface area contributed by atoms with Crippen molar-refractivity contribution < 1.29 is 4.79 Å². The molecule has 0 radical (unpaired) electrons. The summed E-state index contributed by atoms with van der Waals surface area (Å²) in [5, 5.41) is 4.37. The molecule has 98 valence electrons. The highest BCUT2D eigenvalue weighted by atomic mass is 35.5. The molecular formula is C15H15ClN2O. The number of pyridine rings is 1. The number of fused-ring (bicyclic) bond motifs is 1. The normalized spacial score (nSPS) is 16.3. The van der Waals surface area contributed by atoms with Crippen LogP contribution in [0.3, 0.4) is 0 Å². The van der Waals surface area contributed by atoms with E-state index in [0.29, 0.717) is 17.3 Å². The summed E-state index contributed by atoms with van der Waals surface area (Å²) in [7, 11) is 0. The van der Waals surface area contributed by atoms with Gasteiger partial charge in [0.15, 0.2) is 0 Å². The zero-order valence-corrected chi connectivity index (χ0v) is 11.5. The van der Waals surface area contributed by atoms with E-state index in [-0.39, 0.29) is 11.3 Å². The van der Waals surface area contributed by atoms with Gasteiger partial charge in [-0.25, -0.2) is 4.98 Å². The first kappa shape index (κ1) is 12.4. The van der Waals surface area contributed by atoms with E-state index >= 15 is 0 Å². The third-order valence-electron chi connectivity index (χ3n) is 3.68. The van der Waals surface area contributed by atoms with Gasteiger partial charge < -0.3 is 5.32 Å². The van der Waals surface area contributed by atoms with Gasteiger partial charge in [-0.3, -0.25) is 4.79 Å². The fraction of sp³-hybridized carbons (Fsp3) is 0.333. The Balaban J connectivity index is 1.85. The van der Waals surface area contributed by atoms with Crippen LogP contribution >= 0.6 is 11.6 Å². The number of hydrogen-bond donors (Lipinski definition) is 1. The van der Waals surface area contributed by atoms with Gasteiger partial charge in [-0.1, -0.05) is 36.7 Å². The average molecular weight is 275 g/mol. The monoisotopic (exact) mass is 274 g/mol. The number of para-hydroxylation sites is 1. The van der Waals surface area contributed by atoms with Crippen molar-refractivity contribution in [2.24, 2.45) is 5.41 Å². The predicted octanol–water partition coefficient (Wildman–Crippen LogP) is 3.42. The van der Waals surface area contributed by atoms with Gasteiger partial charge in [-0.15, -0.1) is 0 Å². The molecule has 1 fully saturated rings. The molecule has 4 heteroatoms. The molecule has 0 bridgehead atoms. The van der Waals surface area contributed by atoms with Crippen molar-refractivity contribution in [2.75, 3.05) is 6.54 Å². The molecule has 0 atom stereocenters. The van der Waals surface area contributed by atoms with Crippen LogP contribution in [-0.4, -0.2) is 17.4 Å². The van der Waals surface area contributed by atoms with Crippen molar-refractivity contribution in [3.8, 4) is 0 Å². The molecule has 1 aromatic carbocycles. The third kappa shape index (κ3) is 2.56. The van der Waals surface area contributed by atoms with Gasteiger partial charge in [-0.2, -0.15) is 0 Å². The topological polar surface area (TPSA) is 42.0 Å². The van der Waals surface area contributed by atoms with E-state index < -0.39 is 0 Å². The van der Waals surface area contributed by atoms with Crippen LogP contribution in [0.25, 0.3) is 10.9 Å². The lowest BCUT2D eigenvalue weighted by Gasteiger charge is -2.10. The van der Waals surface area contributed by atoms with Gasteiger partial charge in [-0.05, 0) is 30.4 Å². The Kier molecular flexibility index (Phi) is 2.94. The summed E-state index contributed by atoms with van der Waals surface area (Å²) in [4.78, 5) is 16.4. The molecular weight excluding hydrogens is 260 g/mol. The van der Waals surface area contributed by atoms with Crippen LogP contribution in [0.2, 0.25) is 5.02 Å². The van der Waals surface area contributed by atoms with Crippen LogP contribution in [0.1, 0.15) is 30.3 Å². The first-order valence-corrected chi connectivity index (χ1v) is 6.79. The molecule has 1 aromatic heterocycles. The number of rotatable bonds is 3. The maximum Gasteiger partial charge on any atom is 0.269 e. The summed E-state index contributed by atoms with van der Waals surface area (Å²) in [5.41, 5.74) is 1.42. The minimum atomic E-state index is -0.152. The first-order valence-electron chi connectivity index (χ1n) is 6.41. The van der Waals surface area contributed by atoms with Gasteiger partial charge in [0.05, 0.1) is 10.5 Å². The molecule has 1 saturated carbocycles. The average Bonchev–Trinajstić information content (AvgIpc) is 3.14. The van der Waals surface area contributed by atoms with Crippen LogP contribution < -0.4 is 5.32 Å². The van der Waals surface area contributed by atoms with Crippen molar-refractivity contribution >= 4 is 28.4 Å². The molecule has 3 rings (SSSR count). The lowest BCUT2D eigenvalue weighted by atomic mass is 10.1. The van der Waals surface area contributed by atoms with Crippen LogP contribution in [-0.2, 0) is 0 Å². The maximum atomic E-state index is 12.1. The second-order valence-electron chi connectivity index (χ2n) is 5.50. The Hall–Kier alpha value is -1.61. The highest BCUT2D eigenvalue weighted by molar-refractivity contribution is 6.35. The van der Waals surface area contributed by atoms with Gasteiger partial charge in [0, 0.05) is 11.9 Å². The fourth-order valence-electron chi connectivity index (χ4n) is 2.02. The van der Waals surface area contributed by atoms with E-state index in [4.69, 9.17) is 11.6 Å². The van der Waals surface area contributed by atoms with Crippen molar-refractivity contribution in [1.82, 2.24) is 10.3 Å². The smallest absolute Gasteiger partial charge is 0.269 e. The van der Waals surface area contributed by atoms with Crippen LogP contribution in [0.4, 0.5) is 0 Å². The lowest BCUT2D eigenvalue weighted by Crippen LogP contribution is -2.29. The molecule has 2 aromatic rings. The number of carbonyl (C=O) groups excluding carboxylic acids is 1.